The Kier molecular flexibility index (Phi) is 5.96. The van der Waals surface area contributed by atoms with E-state index in [1.165, 1.54) is 30.6 Å². The molecule has 3 aliphatic rings. The van der Waals surface area contributed by atoms with E-state index in [1.807, 2.05) is 0 Å². The Morgan fingerprint density at radius 3 is 2.52 bits per heavy atom. The number of rotatable bonds is 5. The summed E-state index contributed by atoms with van der Waals surface area (Å²) in [6.07, 6.45) is 6.43. The number of hydrogen-bond donors (Lipinski definition) is 2. The van der Waals surface area contributed by atoms with Gasteiger partial charge in [0.1, 0.15) is 0 Å². The van der Waals surface area contributed by atoms with E-state index in [2.05, 4.69) is 5.32 Å². The highest BCUT2D eigenvalue weighted by molar-refractivity contribution is 5.98. The average molecular weight is 352 g/mol. The quantitative estimate of drug-likeness (QED) is 0.770. The Morgan fingerprint density at radius 1 is 1.16 bits per heavy atom. The fraction of sp³-hybridized carbons (Fsp3) is 0.889. The van der Waals surface area contributed by atoms with Crippen LogP contribution in [0.5, 0.6) is 0 Å². The molecule has 2 saturated heterocycles. The topological polar surface area (TPSA) is 87.9 Å². The SMILES string of the molecule is COCCN1C(=O)N(C)C(=O)C2CCC(C3CCC(CN)CC3)NC21. The number of carbonyl (C=O) groups is 2. The summed E-state index contributed by atoms with van der Waals surface area (Å²) < 4.78 is 5.17. The maximum atomic E-state index is 12.6. The molecule has 0 radical (unpaired) electrons. The number of methoxy groups -OCH3 is 1. The van der Waals surface area contributed by atoms with Crippen molar-refractivity contribution in [1.29, 1.82) is 0 Å². The van der Waals surface area contributed by atoms with Crippen LogP contribution in [0.3, 0.4) is 0 Å². The van der Waals surface area contributed by atoms with Crippen LogP contribution in [-0.4, -0.2) is 67.8 Å². The number of nitrogens with zero attached hydrogens (tertiary/aromatic N) is 2. The van der Waals surface area contributed by atoms with Crippen LogP contribution in [0.1, 0.15) is 38.5 Å². The van der Waals surface area contributed by atoms with Crippen molar-refractivity contribution in [3.05, 3.63) is 0 Å². The minimum atomic E-state index is -0.219. The number of fused-ring (bicyclic) bond motifs is 1. The van der Waals surface area contributed by atoms with Gasteiger partial charge in [0.25, 0.3) is 0 Å². The Labute approximate surface area is 150 Å². The predicted molar refractivity (Wildman–Crippen MR) is 94.7 cm³/mol. The van der Waals surface area contributed by atoms with Gasteiger partial charge in [-0.05, 0) is 56.9 Å². The third-order valence-corrected chi connectivity index (χ3v) is 6.40. The zero-order valence-corrected chi connectivity index (χ0v) is 15.4. The van der Waals surface area contributed by atoms with Gasteiger partial charge in [0.05, 0.1) is 18.7 Å². The summed E-state index contributed by atoms with van der Waals surface area (Å²) in [5.41, 5.74) is 5.81. The van der Waals surface area contributed by atoms with Gasteiger partial charge in [-0.1, -0.05) is 0 Å². The number of imide groups is 1. The van der Waals surface area contributed by atoms with Crippen molar-refractivity contribution in [2.24, 2.45) is 23.5 Å². The lowest BCUT2D eigenvalue weighted by atomic mass is 9.74. The van der Waals surface area contributed by atoms with E-state index in [9.17, 15) is 9.59 Å². The van der Waals surface area contributed by atoms with Crippen LogP contribution in [0.15, 0.2) is 0 Å². The van der Waals surface area contributed by atoms with Crippen LogP contribution in [0.4, 0.5) is 4.79 Å². The third-order valence-electron chi connectivity index (χ3n) is 6.40. The molecule has 142 valence electrons. The molecule has 7 nitrogen and oxygen atoms in total. The number of hydrogen-bond acceptors (Lipinski definition) is 5. The highest BCUT2D eigenvalue weighted by atomic mass is 16.5. The minimum absolute atomic E-state index is 0.0542. The molecule has 25 heavy (non-hydrogen) atoms. The number of ether oxygens (including phenoxy) is 1. The van der Waals surface area contributed by atoms with Crippen molar-refractivity contribution in [2.45, 2.75) is 50.7 Å². The molecule has 3 fully saturated rings. The van der Waals surface area contributed by atoms with E-state index in [1.54, 1.807) is 19.1 Å². The van der Waals surface area contributed by atoms with E-state index < -0.39 is 0 Å². The van der Waals surface area contributed by atoms with E-state index in [0.29, 0.717) is 31.0 Å². The maximum absolute atomic E-state index is 12.6. The van der Waals surface area contributed by atoms with Crippen molar-refractivity contribution in [3.8, 4) is 0 Å². The molecular formula is C18H32N4O3. The van der Waals surface area contributed by atoms with Gasteiger partial charge in [0.2, 0.25) is 5.91 Å². The normalized spacial score (nSPS) is 36.5. The fourth-order valence-corrected chi connectivity index (χ4v) is 4.78. The van der Waals surface area contributed by atoms with Gasteiger partial charge in [-0.25, -0.2) is 4.79 Å². The molecule has 2 heterocycles. The summed E-state index contributed by atoms with van der Waals surface area (Å²) in [5.74, 6) is 1.09. The molecule has 3 rings (SSSR count). The van der Waals surface area contributed by atoms with Crippen LogP contribution in [0.2, 0.25) is 0 Å². The van der Waals surface area contributed by atoms with Crippen LogP contribution in [-0.2, 0) is 9.53 Å². The van der Waals surface area contributed by atoms with Crippen molar-refractivity contribution < 1.29 is 14.3 Å². The van der Waals surface area contributed by atoms with E-state index >= 15 is 0 Å². The molecule has 3 amide bonds. The van der Waals surface area contributed by atoms with Gasteiger partial charge in [0.15, 0.2) is 0 Å². The van der Waals surface area contributed by atoms with Gasteiger partial charge in [-0.2, -0.15) is 0 Å². The lowest BCUT2D eigenvalue weighted by molar-refractivity contribution is -0.141. The summed E-state index contributed by atoms with van der Waals surface area (Å²) in [7, 11) is 3.22. The van der Waals surface area contributed by atoms with Gasteiger partial charge in [-0.3, -0.25) is 15.0 Å². The summed E-state index contributed by atoms with van der Waals surface area (Å²) in [5, 5.41) is 3.67. The first-order valence-electron chi connectivity index (χ1n) is 9.60. The average Bonchev–Trinajstić information content (AvgIpc) is 2.66. The van der Waals surface area contributed by atoms with Crippen molar-refractivity contribution in [1.82, 2.24) is 15.1 Å². The number of nitrogens with two attached hydrogens (primary N) is 1. The van der Waals surface area contributed by atoms with E-state index in [-0.39, 0.29) is 24.0 Å². The standard InChI is InChI=1S/C18H32N4O3/c1-21-17(23)14-7-8-15(13-5-3-12(11-19)4-6-13)20-16(14)22(18(21)24)9-10-25-2/h12-16,20H,3-11,19H2,1-2H3. The molecule has 2 aliphatic heterocycles. The fourth-order valence-electron chi connectivity index (χ4n) is 4.78. The number of carbonyl (C=O) groups excluding carboxylic acids is 2. The molecule has 0 spiro atoms. The highest BCUT2D eigenvalue weighted by Gasteiger charge is 2.48. The van der Waals surface area contributed by atoms with Crippen LogP contribution in [0, 0.1) is 17.8 Å². The van der Waals surface area contributed by atoms with Crippen molar-refractivity contribution in [2.75, 3.05) is 33.9 Å². The lowest BCUT2D eigenvalue weighted by Gasteiger charge is -2.50. The Hall–Kier alpha value is -1.18. The summed E-state index contributed by atoms with van der Waals surface area (Å²) in [4.78, 5) is 28.2. The molecule has 1 saturated carbocycles. The van der Waals surface area contributed by atoms with E-state index in [4.69, 9.17) is 10.5 Å². The zero-order valence-electron chi connectivity index (χ0n) is 15.4. The molecule has 0 aromatic carbocycles. The first kappa shape index (κ1) is 18.6. The van der Waals surface area contributed by atoms with Gasteiger partial charge >= 0.3 is 6.03 Å². The van der Waals surface area contributed by atoms with Gasteiger partial charge in [-0.15, -0.1) is 0 Å². The monoisotopic (exact) mass is 352 g/mol. The zero-order chi connectivity index (χ0) is 18.0. The molecule has 0 aromatic rings. The van der Waals surface area contributed by atoms with Gasteiger partial charge in [0, 0.05) is 26.7 Å². The molecule has 1 aliphatic carbocycles. The Morgan fingerprint density at radius 2 is 1.88 bits per heavy atom. The number of nitrogens with one attached hydrogen (secondary N) is 1. The van der Waals surface area contributed by atoms with E-state index in [0.717, 1.165) is 19.4 Å². The molecule has 3 unspecified atom stereocenters. The van der Waals surface area contributed by atoms with Gasteiger partial charge < -0.3 is 15.4 Å². The van der Waals surface area contributed by atoms with Crippen molar-refractivity contribution in [3.63, 3.8) is 0 Å². The largest absolute Gasteiger partial charge is 0.383 e. The second-order valence-corrected chi connectivity index (χ2v) is 7.78. The Balaban J connectivity index is 1.69. The Bertz CT molecular complexity index is 493. The minimum Gasteiger partial charge on any atom is -0.383 e. The smallest absolute Gasteiger partial charge is 0.327 e. The molecular weight excluding hydrogens is 320 g/mol. The first-order chi connectivity index (χ1) is 12.1. The molecule has 7 heteroatoms. The summed E-state index contributed by atoms with van der Waals surface area (Å²) >= 11 is 0. The number of amides is 3. The molecule has 3 N–H and O–H groups in total. The van der Waals surface area contributed by atoms with Crippen LogP contribution in [0.25, 0.3) is 0 Å². The lowest BCUT2D eigenvalue weighted by Crippen LogP contribution is -2.69. The number of urea groups is 1. The third kappa shape index (κ3) is 3.68. The first-order valence-corrected chi connectivity index (χ1v) is 9.60. The summed E-state index contributed by atoms with van der Waals surface area (Å²) in [6.45, 7) is 1.77. The van der Waals surface area contributed by atoms with Crippen molar-refractivity contribution >= 4 is 11.9 Å². The van der Waals surface area contributed by atoms with Crippen LogP contribution >= 0.6 is 0 Å². The molecule has 3 atom stereocenters. The number of piperidine rings is 1. The second-order valence-electron chi connectivity index (χ2n) is 7.78. The maximum Gasteiger partial charge on any atom is 0.327 e. The van der Waals surface area contributed by atoms with Crippen LogP contribution < -0.4 is 11.1 Å². The predicted octanol–water partition coefficient (Wildman–Crippen LogP) is 0.986. The summed E-state index contributed by atoms with van der Waals surface area (Å²) in [6, 6.07) is 0.164. The molecule has 0 aromatic heterocycles. The molecule has 0 bridgehead atoms. The second kappa shape index (κ2) is 8.01. The highest BCUT2D eigenvalue weighted by Crippen LogP contribution is 2.36.